The SMILES string of the molecule is Cc1cccnc1-c1cc2cccnc2c(-c2cccc(C(=O)O)c2S(N)(=O)=O)n1. The van der Waals surface area contributed by atoms with E-state index in [0.717, 1.165) is 5.56 Å². The number of benzene rings is 1. The molecule has 1 aromatic carbocycles. The molecule has 0 bridgehead atoms. The Kier molecular flexibility index (Phi) is 4.76. The minimum atomic E-state index is -4.38. The number of carbonyl (C=O) groups is 1. The molecule has 3 aromatic heterocycles. The third kappa shape index (κ3) is 3.40. The number of carboxylic acid groups (broad SMARTS) is 1. The minimum absolute atomic E-state index is 0.0662. The molecule has 9 heteroatoms. The van der Waals surface area contributed by atoms with E-state index >= 15 is 0 Å². The number of aromatic carboxylic acids is 1. The number of carboxylic acids is 1. The molecule has 4 aromatic rings. The maximum absolute atomic E-state index is 12.4. The Morgan fingerprint density at radius 1 is 1.00 bits per heavy atom. The van der Waals surface area contributed by atoms with Crippen LogP contribution in [-0.4, -0.2) is 34.4 Å². The van der Waals surface area contributed by atoms with Crippen LogP contribution in [0.4, 0.5) is 0 Å². The van der Waals surface area contributed by atoms with E-state index in [0.29, 0.717) is 22.3 Å². The molecule has 3 N–H and O–H groups in total. The molecule has 0 radical (unpaired) electrons. The quantitative estimate of drug-likeness (QED) is 0.518. The predicted molar refractivity (Wildman–Crippen MR) is 111 cm³/mol. The summed E-state index contributed by atoms with van der Waals surface area (Å²) in [6.45, 7) is 1.89. The highest BCUT2D eigenvalue weighted by atomic mass is 32.2. The van der Waals surface area contributed by atoms with Gasteiger partial charge in [-0.2, -0.15) is 0 Å². The lowest BCUT2D eigenvalue weighted by Gasteiger charge is -2.14. The summed E-state index contributed by atoms with van der Waals surface area (Å²) in [6, 6.07) is 13.2. The number of sulfonamides is 1. The number of pyridine rings is 3. The lowest BCUT2D eigenvalue weighted by Crippen LogP contribution is -2.18. The number of hydrogen-bond donors (Lipinski definition) is 2. The summed E-state index contributed by atoms with van der Waals surface area (Å²) in [5.74, 6) is -1.41. The Bertz CT molecular complexity index is 1420. The number of nitrogens with zero attached hydrogens (tertiary/aromatic N) is 3. The van der Waals surface area contributed by atoms with Crippen molar-refractivity contribution in [3.63, 3.8) is 0 Å². The summed E-state index contributed by atoms with van der Waals surface area (Å²) in [7, 11) is -4.38. The molecule has 8 nitrogen and oxygen atoms in total. The molecule has 4 rings (SSSR count). The van der Waals surface area contributed by atoms with E-state index < -0.39 is 26.5 Å². The van der Waals surface area contributed by atoms with E-state index in [1.165, 1.54) is 18.2 Å². The van der Waals surface area contributed by atoms with Gasteiger partial charge in [0.05, 0.1) is 28.2 Å². The van der Waals surface area contributed by atoms with Gasteiger partial charge < -0.3 is 5.11 Å². The minimum Gasteiger partial charge on any atom is -0.478 e. The zero-order valence-electron chi connectivity index (χ0n) is 15.8. The van der Waals surface area contributed by atoms with Crippen LogP contribution in [0.15, 0.2) is 65.8 Å². The van der Waals surface area contributed by atoms with Gasteiger partial charge >= 0.3 is 5.97 Å². The molecule has 30 heavy (non-hydrogen) atoms. The fraction of sp³-hybridized carbons (Fsp3) is 0.0476. The zero-order chi connectivity index (χ0) is 21.5. The van der Waals surface area contributed by atoms with Gasteiger partial charge in [0.2, 0.25) is 10.0 Å². The maximum atomic E-state index is 12.4. The van der Waals surface area contributed by atoms with Crippen molar-refractivity contribution in [3.05, 3.63) is 72.1 Å². The molecular weight excluding hydrogens is 404 g/mol. The number of fused-ring (bicyclic) bond motifs is 1. The van der Waals surface area contributed by atoms with Gasteiger partial charge in [0, 0.05) is 23.3 Å². The van der Waals surface area contributed by atoms with Crippen molar-refractivity contribution in [2.75, 3.05) is 0 Å². The Labute approximate surface area is 172 Å². The van der Waals surface area contributed by atoms with Gasteiger partial charge in [0.25, 0.3) is 0 Å². The fourth-order valence-electron chi connectivity index (χ4n) is 3.35. The summed E-state index contributed by atoms with van der Waals surface area (Å²) >= 11 is 0. The van der Waals surface area contributed by atoms with Gasteiger partial charge in [-0.1, -0.05) is 24.3 Å². The van der Waals surface area contributed by atoms with Crippen LogP contribution in [0.5, 0.6) is 0 Å². The molecule has 3 heterocycles. The van der Waals surface area contributed by atoms with Crippen LogP contribution in [0, 0.1) is 6.92 Å². The molecule has 0 spiro atoms. The van der Waals surface area contributed by atoms with Crippen LogP contribution in [0.25, 0.3) is 33.5 Å². The van der Waals surface area contributed by atoms with Gasteiger partial charge in [0.1, 0.15) is 4.90 Å². The number of nitrogens with two attached hydrogens (primary N) is 1. The molecule has 0 aliphatic heterocycles. The second-order valence-corrected chi connectivity index (χ2v) is 8.13. The standard InChI is InChI=1S/C21H16N4O4S/c1-12-5-3-9-23-17(12)16-11-13-6-4-10-24-18(13)19(25-16)14-7-2-8-15(21(26)27)20(14)30(22,28)29/h2-11H,1H3,(H,26,27)(H2,22,28,29). The van der Waals surface area contributed by atoms with Crippen molar-refractivity contribution >= 4 is 26.9 Å². The Hall–Kier alpha value is -3.69. The van der Waals surface area contributed by atoms with Gasteiger partial charge in [-0.25, -0.2) is 23.3 Å². The Morgan fingerprint density at radius 3 is 2.43 bits per heavy atom. The van der Waals surface area contributed by atoms with Gasteiger partial charge in [-0.15, -0.1) is 0 Å². The van der Waals surface area contributed by atoms with E-state index in [9.17, 15) is 18.3 Å². The highest BCUT2D eigenvalue weighted by Crippen LogP contribution is 2.34. The number of rotatable bonds is 4. The molecule has 0 unspecified atom stereocenters. The molecule has 0 atom stereocenters. The zero-order valence-corrected chi connectivity index (χ0v) is 16.6. The summed E-state index contributed by atoms with van der Waals surface area (Å²) in [5, 5.41) is 15.6. The largest absolute Gasteiger partial charge is 0.478 e. The molecule has 0 aliphatic carbocycles. The highest BCUT2D eigenvalue weighted by molar-refractivity contribution is 7.89. The second kappa shape index (κ2) is 7.29. The average molecular weight is 420 g/mol. The van der Waals surface area contributed by atoms with Crippen LogP contribution < -0.4 is 5.14 Å². The van der Waals surface area contributed by atoms with E-state index in [1.807, 2.05) is 19.1 Å². The second-order valence-electron chi connectivity index (χ2n) is 6.63. The van der Waals surface area contributed by atoms with E-state index in [4.69, 9.17) is 5.14 Å². The first-order chi connectivity index (χ1) is 14.3. The number of aryl methyl sites for hydroxylation is 1. The van der Waals surface area contributed by atoms with Crippen LogP contribution in [0.3, 0.4) is 0 Å². The Morgan fingerprint density at radius 2 is 1.73 bits per heavy atom. The predicted octanol–water partition coefficient (Wildman–Crippen LogP) is 3.01. The van der Waals surface area contributed by atoms with Crippen LogP contribution in [0.1, 0.15) is 15.9 Å². The van der Waals surface area contributed by atoms with E-state index in [1.54, 1.807) is 30.6 Å². The first-order valence-corrected chi connectivity index (χ1v) is 10.4. The lowest BCUT2D eigenvalue weighted by molar-refractivity contribution is 0.0692. The van der Waals surface area contributed by atoms with Crippen LogP contribution in [0.2, 0.25) is 0 Å². The van der Waals surface area contributed by atoms with E-state index in [-0.39, 0.29) is 11.3 Å². The van der Waals surface area contributed by atoms with Crippen molar-refractivity contribution < 1.29 is 18.3 Å². The van der Waals surface area contributed by atoms with Gasteiger partial charge in [-0.3, -0.25) is 9.97 Å². The normalized spacial score (nSPS) is 11.5. The molecule has 0 saturated carbocycles. The molecule has 0 saturated heterocycles. The van der Waals surface area contributed by atoms with Gasteiger partial charge in [0.15, 0.2) is 0 Å². The third-order valence-electron chi connectivity index (χ3n) is 4.62. The first kappa shape index (κ1) is 19.6. The first-order valence-electron chi connectivity index (χ1n) is 8.84. The monoisotopic (exact) mass is 420 g/mol. The molecule has 0 aliphatic rings. The van der Waals surface area contributed by atoms with Crippen molar-refractivity contribution in [2.24, 2.45) is 5.14 Å². The summed E-state index contributed by atoms with van der Waals surface area (Å²) in [6.07, 6.45) is 3.19. The molecule has 150 valence electrons. The van der Waals surface area contributed by atoms with Crippen molar-refractivity contribution in [3.8, 4) is 22.6 Å². The van der Waals surface area contributed by atoms with Crippen molar-refractivity contribution in [1.82, 2.24) is 15.0 Å². The number of aromatic nitrogens is 3. The highest BCUT2D eigenvalue weighted by Gasteiger charge is 2.26. The molecule has 0 fully saturated rings. The summed E-state index contributed by atoms with van der Waals surface area (Å²) in [5.41, 5.74) is 2.27. The molecule has 0 amide bonds. The van der Waals surface area contributed by atoms with Crippen LogP contribution in [-0.2, 0) is 10.0 Å². The van der Waals surface area contributed by atoms with Crippen molar-refractivity contribution in [2.45, 2.75) is 11.8 Å². The maximum Gasteiger partial charge on any atom is 0.337 e. The topological polar surface area (TPSA) is 136 Å². The third-order valence-corrected chi connectivity index (χ3v) is 5.63. The van der Waals surface area contributed by atoms with E-state index in [2.05, 4.69) is 15.0 Å². The summed E-state index contributed by atoms with van der Waals surface area (Å²) in [4.78, 5) is 24.5. The van der Waals surface area contributed by atoms with Gasteiger partial charge in [-0.05, 0) is 36.8 Å². The number of hydrogen-bond acceptors (Lipinski definition) is 6. The fourth-order valence-corrected chi connectivity index (χ4v) is 4.28. The van der Waals surface area contributed by atoms with Crippen molar-refractivity contribution in [1.29, 1.82) is 0 Å². The smallest absolute Gasteiger partial charge is 0.337 e. The van der Waals surface area contributed by atoms with Crippen LogP contribution >= 0.6 is 0 Å². The molecular formula is C21H16N4O4S. The summed E-state index contributed by atoms with van der Waals surface area (Å²) < 4.78 is 24.7. The Balaban J connectivity index is 2.14. The lowest BCUT2D eigenvalue weighted by atomic mass is 10.0. The average Bonchev–Trinajstić information content (AvgIpc) is 2.72. The number of primary sulfonamides is 1.